The molecule has 0 atom stereocenters. The number of rotatable bonds is 0. The third kappa shape index (κ3) is 1.68. The summed E-state index contributed by atoms with van der Waals surface area (Å²) in [6, 6.07) is 16.5. The first-order valence-electron chi connectivity index (χ1n) is 9.16. The van der Waals surface area contributed by atoms with Gasteiger partial charge in [0, 0.05) is 28.9 Å². The van der Waals surface area contributed by atoms with Gasteiger partial charge in [0.1, 0.15) is 0 Å². The first-order chi connectivity index (χ1) is 13.2. The fourth-order valence-electron chi connectivity index (χ4n) is 4.97. The SMILES string of the molecule is Cn1c2ccccc2c2c3c(c4c(c21)-c1ccccc1CC4)C(=O)NC3=O. The van der Waals surface area contributed by atoms with Gasteiger partial charge in [0.05, 0.1) is 16.6 Å². The van der Waals surface area contributed by atoms with Crippen LogP contribution in [0.2, 0.25) is 0 Å². The highest BCUT2D eigenvalue weighted by Crippen LogP contribution is 2.46. The van der Waals surface area contributed by atoms with Gasteiger partial charge in [-0.05, 0) is 35.6 Å². The molecule has 0 bridgehead atoms. The molecule has 130 valence electrons. The van der Waals surface area contributed by atoms with E-state index in [0.29, 0.717) is 11.1 Å². The summed E-state index contributed by atoms with van der Waals surface area (Å²) in [5.74, 6) is -0.543. The zero-order chi connectivity index (χ0) is 18.3. The topological polar surface area (TPSA) is 51.1 Å². The van der Waals surface area contributed by atoms with Crippen molar-refractivity contribution in [3.63, 3.8) is 0 Å². The molecule has 0 radical (unpaired) electrons. The maximum atomic E-state index is 12.7. The number of benzene rings is 3. The van der Waals surface area contributed by atoms with Gasteiger partial charge in [-0.2, -0.15) is 0 Å². The van der Waals surface area contributed by atoms with Gasteiger partial charge in [-0.25, -0.2) is 0 Å². The van der Waals surface area contributed by atoms with Crippen molar-refractivity contribution in [2.24, 2.45) is 7.05 Å². The van der Waals surface area contributed by atoms with Gasteiger partial charge in [0.15, 0.2) is 0 Å². The Labute approximate surface area is 155 Å². The lowest BCUT2D eigenvalue weighted by atomic mass is 9.80. The number of amides is 2. The van der Waals surface area contributed by atoms with Crippen LogP contribution in [-0.4, -0.2) is 16.4 Å². The molecule has 0 saturated carbocycles. The van der Waals surface area contributed by atoms with E-state index in [0.717, 1.165) is 45.8 Å². The molecule has 0 fully saturated rings. The van der Waals surface area contributed by atoms with Gasteiger partial charge in [0.2, 0.25) is 0 Å². The maximum Gasteiger partial charge on any atom is 0.259 e. The number of aromatic nitrogens is 1. The molecule has 1 N–H and O–H groups in total. The first kappa shape index (κ1) is 14.7. The van der Waals surface area contributed by atoms with Gasteiger partial charge in [-0.15, -0.1) is 0 Å². The number of aryl methyl sites for hydroxylation is 2. The number of fused-ring (bicyclic) bond motifs is 10. The average Bonchev–Trinajstić information content (AvgIpc) is 3.16. The summed E-state index contributed by atoms with van der Waals surface area (Å²) < 4.78 is 2.17. The fourth-order valence-corrected chi connectivity index (χ4v) is 4.97. The third-order valence-electron chi connectivity index (χ3n) is 6.06. The van der Waals surface area contributed by atoms with Crippen molar-refractivity contribution >= 4 is 33.6 Å². The molecule has 0 spiro atoms. The van der Waals surface area contributed by atoms with E-state index in [-0.39, 0.29) is 11.8 Å². The molecule has 0 saturated heterocycles. The van der Waals surface area contributed by atoms with Crippen LogP contribution in [0.25, 0.3) is 32.9 Å². The second-order valence-corrected chi connectivity index (χ2v) is 7.34. The normalized spacial score (nSPS) is 15.0. The highest BCUT2D eigenvalue weighted by Gasteiger charge is 2.37. The number of imide groups is 1. The van der Waals surface area contributed by atoms with E-state index in [2.05, 4.69) is 34.1 Å². The monoisotopic (exact) mass is 352 g/mol. The Morgan fingerprint density at radius 2 is 1.59 bits per heavy atom. The Bertz CT molecular complexity index is 1340. The molecular formula is C23H16N2O2. The van der Waals surface area contributed by atoms with Crippen LogP contribution in [0, 0.1) is 0 Å². The Balaban J connectivity index is 1.95. The van der Waals surface area contributed by atoms with Crippen LogP contribution in [0.5, 0.6) is 0 Å². The number of carbonyl (C=O) groups is 2. The first-order valence-corrected chi connectivity index (χ1v) is 9.16. The summed E-state index contributed by atoms with van der Waals surface area (Å²) in [6.07, 6.45) is 1.65. The van der Waals surface area contributed by atoms with Crippen LogP contribution in [-0.2, 0) is 19.9 Å². The summed E-state index contributed by atoms with van der Waals surface area (Å²) in [5.41, 5.74) is 7.81. The van der Waals surface area contributed by atoms with Crippen LogP contribution >= 0.6 is 0 Å². The van der Waals surface area contributed by atoms with Gasteiger partial charge in [-0.3, -0.25) is 14.9 Å². The highest BCUT2D eigenvalue weighted by atomic mass is 16.2. The Morgan fingerprint density at radius 3 is 2.48 bits per heavy atom. The van der Waals surface area contributed by atoms with E-state index in [1.165, 1.54) is 11.1 Å². The Kier molecular flexibility index (Phi) is 2.65. The Hall–Kier alpha value is -3.40. The number of hydrogen-bond donors (Lipinski definition) is 1. The summed E-state index contributed by atoms with van der Waals surface area (Å²) in [5, 5.41) is 4.44. The second kappa shape index (κ2) is 4.86. The van der Waals surface area contributed by atoms with Crippen LogP contribution in [0.15, 0.2) is 48.5 Å². The number of carbonyl (C=O) groups excluding carboxylic acids is 2. The minimum absolute atomic E-state index is 0.263. The largest absolute Gasteiger partial charge is 0.343 e. The lowest BCUT2D eigenvalue weighted by Gasteiger charge is -2.23. The summed E-state index contributed by atoms with van der Waals surface area (Å²) >= 11 is 0. The van der Waals surface area contributed by atoms with E-state index in [4.69, 9.17) is 0 Å². The molecule has 6 rings (SSSR count). The van der Waals surface area contributed by atoms with Crippen LogP contribution < -0.4 is 5.32 Å². The predicted molar refractivity (Wildman–Crippen MR) is 105 cm³/mol. The van der Waals surface area contributed by atoms with E-state index < -0.39 is 0 Å². The molecule has 2 heterocycles. The molecule has 27 heavy (non-hydrogen) atoms. The molecule has 4 aromatic rings. The van der Waals surface area contributed by atoms with E-state index in [1.807, 2.05) is 31.3 Å². The summed E-state index contributed by atoms with van der Waals surface area (Å²) in [7, 11) is 2.04. The number of nitrogens with one attached hydrogen (secondary N) is 1. The van der Waals surface area contributed by atoms with Crippen LogP contribution in [0.3, 0.4) is 0 Å². The van der Waals surface area contributed by atoms with Crippen LogP contribution in [0.4, 0.5) is 0 Å². The molecule has 2 aliphatic rings. The maximum absolute atomic E-state index is 12.7. The lowest BCUT2D eigenvalue weighted by molar-refractivity contribution is 0.0880. The summed E-state index contributed by atoms with van der Waals surface area (Å²) in [4.78, 5) is 25.4. The van der Waals surface area contributed by atoms with Gasteiger partial charge in [0.25, 0.3) is 11.8 Å². The molecule has 2 amide bonds. The van der Waals surface area contributed by atoms with Gasteiger partial charge >= 0.3 is 0 Å². The number of para-hydroxylation sites is 1. The number of hydrogen-bond acceptors (Lipinski definition) is 2. The zero-order valence-electron chi connectivity index (χ0n) is 14.8. The number of nitrogens with zero attached hydrogens (tertiary/aromatic N) is 1. The van der Waals surface area contributed by atoms with Gasteiger partial charge < -0.3 is 4.57 Å². The second-order valence-electron chi connectivity index (χ2n) is 7.34. The van der Waals surface area contributed by atoms with Crippen molar-refractivity contribution in [3.8, 4) is 11.1 Å². The van der Waals surface area contributed by atoms with Crippen molar-refractivity contribution in [2.75, 3.05) is 0 Å². The molecule has 1 aromatic heterocycles. The molecular weight excluding hydrogens is 336 g/mol. The minimum atomic E-state index is -0.280. The lowest BCUT2D eigenvalue weighted by Crippen LogP contribution is -2.20. The average molecular weight is 352 g/mol. The van der Waals surface area contributed by atoms with E-state index >= 15 is 0 Å². The quantitative estimate of drug-likeness (QED) is 0.487. The molecule has 4 nitrogen and oxygen atoms in total. The van der Waals surface area contributed by atoms with E-state index in [9.17, 15) is 9.59 Å². The molecule has 1 aliphatic carbocycles. The molecule has 4 heteroatoms. The fraction of sp³-hybridized carbons (Fsp3) is 0.130. The predicted octanol–water partition coefficient (Wildman–Crippen LogP) is 3.98. The zero-order valence-corrected chi connectivity index (χ0v) is 14.8. The Morgan fingerprint density at radius 1 is 0.852 bits per heavy atom. The van der Waals surface area contributed by atoms with Crippen molar-refractivity contribution in [3.05, 3.63) is 70.8 Å². The smallest absolute Gasteiger partial charge is 0.259 e. The third-order valence-corrected chi connectivity index (χ3v) is 6.06. The molecule has 0 unspecified atom stereocenters. The van der Waals surface area contributed by atoms with Crippen molar-refractivity contribution < 1.29 is 9.59 Å². The minimum Gasteiger partial charge on any atom is -0.343 e. The van der Waals surface area contributed by atoms with Crippen molar-refractivity contribution in [1.82, 2.24) is 9.88 Å². The van der Waals surface area contributed by atoms with Crippen molar-refractivity contribution in [2.45, 2.75) is 12.8 Å². The van der Waals surface area contributed by atoms with Crippen molar-refractivity contribution in [1.29, 1.82) is 0 Å². The molecule has 3 aromatic carbocycles. The molecule has 1 aliphatic heterocycles. The van der Waals surface area contributed by atoms with Gasteiger partial charge in [-0.1, -0.05) is 42.5 Å². The highest BCUT2D eigenvalue weighted by molar-refractivity contribution is 6.33. The standard InChI is InChI=1S/C23H16N2O2/c1-25-16-9-5-4-8-14(16)18-20-19(22(26)24-23(20)27)15-11-10-12-6-2-3-7-13(12)17(15)21(18)25/h2-9H,10-11H2,1H3,(H,24,26,27). The van der Waals surface area contributed by atoms with E-state index in [1.54, 1.807) is 0 Å². The van der Waals surface area contributed by atoms with Crippen LogP contribution in [0.1, 0.15) is 31.8 Å². The summed E-state index contributed by atoms with van der Waals surface area (Å²) in [6.45, 7) is 0.